The van der Waals surface area contributed by atoms with Crippen LogP contribution in [0.1, 0.15) is 51.6 Å². The Morgan fingerprint density at radius 2 is 1.75 bits per heavy atom. The van der Waals surface area contributed by atoms with Crippen molar-refractivity contribution in [3.63, 3.8) is 0 Å². The number of amides is 1. The van der Waals surface area contributed by atoms with Crippen molar-refractivity contribution in [1.29, 1.82) is 0 Å². The second kappa shape index (κ2) is 6.83. The molecule has 0 aliphatic heterocycles. The van der Waals surface area contributed by atoms with Crippen molar-refractivity contribution in [3.8, 4) is 0 Å². The Hall–Kier alpha value is -2.69. The van der Waals surface area contributed by atoms with Crippen molar-refractivity contribution in [2.45, 2.75) is 38.8 Å². The molecular formula is C19H20N2O3. The largest absolute Gasteiger partial charge is 0.478 e. The number of hydrogen-bond acceptors (Lipinski definition) is 3. The van der Waals surface area contributed by atoms with E-state index in [2.05, 4.69) is 24.0 Å². The lowest BCUT2D eigenvalue weighted by atomic mass is 10.1. The van der Waals surface area contributed by atoms with E-state index in [1.54, 1.807) is 0 Å². The van der Waals surface area contributed by atoms with Crippen LogP contribution in [0.5, 0.6) is 0 Å². The number of aromatic nitrogens is 1. The number of rotatable bonds is 6. The highest BCUT2D eigenvalue weighted by Crippen LogP contribution is 2.30. The van der Waals surface area contributed by atoms with Crippen molar-refractivity contribution < 1.29 is 14.7 Å². The Morgan fingerprint density at radius 1 is 1.12 bits per heavy atom. The van der Waals surface area contributed by atoms with Gasteiger partial charge in [0.1, 0.15) is 0 Å². The first kappa shape index (κ1) is 16.2. The van der Waals surface area contributed by atoms with Crippen LogP contribution >= 0.6 is 0 Å². The first-order valence-corrected chi connectivity index (χ1v) is 8.15. The highest BCUT2D eigenvalue weighted by molar-refractivity contribution is 5.97. The molecule has 0 spiro atoms. The Kier molecular flexibility index (Phi) is 4.60. The maximum atomic E-state index is 12.8. The average molecular weight is 324 g/mol. The molecule has 1 aromatic heterocycles. The fourth-order valence-electron chi connectivity index (χ4n) is 2.67. The fraction of sp³-hybridized carbons (Fsp3) is 0.316. The van der Waals surface area contributed by atoms with Crippen LogP contribution in [0.25, 0.3) is 0 Å². The highest BCUT2D eigenvalue weighted by Gasteiger charge is 2.33. The molecule has 0 atom stereocenters. The van der Waals surface area contributed by atoms with Crippen molar-refractivity contribution in [3.05, 3.63) is 65.0 Å². The van der Waals surface area contributed by atoms with Gasteiger partial charge in [-0.1, -0.05) is 31.2 Å². The van der Waals surface area contributed by atoms with Gasteiger partial charge in [0, 0.05) is 25.0 Å². The Balaban J connectivity index is 1.81. The monoisotopic (exact) mass is 324 g/mol. The minimum absolute atomic E-state index is 0.0314. The zero-order valence-electron chi connectivity index (χ0n) is 13.6. The van der Waals surface area contributed by atoms with Gasteiger partial charge in [0.15, 0.2) is 0 Å². The molecule has 1 aromatic carbocycles. The summed E-state index contributed by atoms with van der Waals surface area (Å²) >= 11 is 0. The normalized spacial score (nSPS) is 13.5. The summed E-state index contributed by atoms with van der Waals surface area (Å²) in [5.74, 6) is -1.24. The molecule has 2 aromatic rings. The highest BCUT2D eigenvalue weighted by atomic mass is 16.4. The molecule has 1 aliphatic carbocycles. The summed E-state index contributed by atoms with van der Waals surface area (Å²) in [7, 11) is 0. The van der Waals surface area contributed by atoms with Crippen molar-refractivity contribution in [1.82, 2.24) is 9.88 Å². The molecular weight excluding hydrogens is 304 g/mol. The third-order valence-corrected chi connectivity index (χ3v) is 4.26. The van der Waals surface area contributed by atoms with E-state index in [9.17, 15) is 9.59 Å². The lowest BCUT2D eigenvalue weighted by Crippen LogP contribution is -2.32. The molecule has 0 radical (unpaired) electrons. The Labute approximate surface area is 140 Å². The number of aryl methyl sites for hydroxylation is 1. The van der Waals surface area contributed by atoms with Crippen molar-refractivity contribution in [2.75, 3.05) is 0 Å². The van der Waals surface area contributed by atoms with Gasteiger partial charge in [-0.2, -0.15) is 0 Å². The molecule has 124 valence electrons. The van der Waals surface area contributed by atoms with Gasteiger partial charge in [0.05, 0.1) is 11.1 Å². The van der Waals surface area contributed by atoms with Gasteiger partial charge in [-0.05, 0) is 36.5 Å². The first-order valence-electron chi connectivity index (χ1n) is 8.15. The SMILES string of the molecule is CCc1ccc(CN(C(=O)c2cncc(C(=O)O)c2)C2CC2)cc1. The molecule has 0 saturated heterocycles. The van der Waals surface area contributed by atoms with E-state index in [1.807, 2.05) is 17.0 Å². The molecule has 1 N–H and O–H groups in total. The number of hydrogen-bond donors (Lipinski definition) is 1. The number of nitrogens with zero attached hydrogens (tertiary/aromatic N) is 2. The number of carboxylic acids is 1. The van der Waals surface area contributed by atoms with Crippen LogP contribution in [0.2, 0.25) is 0 Å². The minimum atomic E-state index is -1.08. The van der Waals surface area contributed by atoms with Gasteiger partial charge in [-0.25, -0.2) is 4.79 Å². The third kappa shape index (κ3) is 3.62. The second-order valence-electron chi connectivity index (χ2n) is 6.10. The van der Waals surface area contributed by atoms with Crippen molar-refractivity contribution >= 4 is 11.9 Å². The lowest BCUT2D eigenvalue weighted by molar-refractivity contribution is 0.0696. The number of carbonyl (C=O) groups is 2. The van der Waals surface area contributed by atoms with Gasteiger partial charge < -0.3 is 10.0 Å². The summed E-state index contributed by atoms with van der Waals surface area (Å²) in [6.45, 7) is 2.64. The first-order chi connectivity index (χ1) is 11.6. The van der Waals surface area contributed by atoms with Crippen LogP contribution < -0.4 is 0 Å². The molecule has 0 bridgehead atoms. The van der Waals surface area contributed by atoms with Crippen LogP contribution in [0.4, 0.5) is 0 Å². The molecule has 1 aliphatic rings. The number of carbonyl (C=O) groups excluding carboxylic acids is 1. The lowest BCUT2D eigenvalue weighted by Gasteiger charge is -2.23. The molecule has 5 heteroatoms. The molecule has 24 heavy (non-hydrogen) atoms. The van der Waals surface area contributed by atoms with E-state index in [-0.39, 0.29) is 17.5 Å². The van der Waals surface area contributed by atoms with Gasteiger partial charge in [-0.15, -0.1) is 0 Å². The van der Waals surface area contributed by atoms with Crippen LogP contribution in [-0.4, -0.2) is 32.9 Å². The number of aromatic carboxylic acids is 1. The molecule has 3 rings (SSSR count). The van der Waals surface area contributed by atoms with Gasteiger partial charge in [-0.3, -0.25) is 9.78 Å². The van der Waals surface area contributed by atoms with Gasteiger partial charge in [0.25, 0.3) is 5.91 Å². The second-order valence-corrected chi connectivity index (χ2v) is 6.10. The molecule has 1 amide bonds. The molecule has 1 heterocycles. The smallest absolute Gasteiger partial charge is 0.337 e. The van der Waals surface area contributed by atoms with Gasteiger partial charge in [0.2, 0.25) is 0 Å². The number of pyridine rings is 1. The van der Waals surface area contributed by atoms with Crippen LogP contribution in [0.3, 0.4) is 0 Å². The van der Waals surface area contributed by atoms with E-state index >= 15 is 0 Å². The topological polar surface area (TPSA) is 70.5 Å². The van der Waals surface area contributed by atoms with Crippen LogP contribution in [0.15, 0.2) is 42.7 Å². The predicted molar refractivity (Wildman–Crippen MR) is 89.9 cm³/mol. The maximum absolute atomic E-state index is 12.8. The standard InChI is InChI=1S/C19H20N2O3/c1-2-13-3-5-14(6-4-13)12-21(17-7-8-17)18(22)15-9-16(19(23)24)11-20-10-15/h3-6,9-11,17H,2,7-8,12H2,1H3,(H,23,24). The Bertz CT molecular complexity index is 751. The predicted octanol–water partition coefficient (Wildman–Crippen LogP) is 3.15. The zero-order chi connectivity index (χ0) is 17.1. The Morgan fingerprint density at radius 3 is 2.33 bits per heavy atom. The molecule has 5 nitrogen and oxygen atoms in total. The van der Waals surface area contributed by atoms with Gasteiger partial charge >= 0.3 is 5.97 Å². The average Bonchev–Trinajstić information content (AvgIpc) is 3.44. The van der Waals surface area contributed by atoms with E-state index in [0.717, 1.165) is 24.8 Å². The third-order valence-electron chi connectivity index (χ3n) is 4.26. The van der Waals surface area contributed by atoms with E-state index in [1.165, 1.54) is 24.0 Å². The summed E-state index contributed by atoms with van der Waals surface area (Å²) in [6.07, 6.45) is 5.66. The molecule has 0 unspecified atom stereocenters. The summed E-state index contributed by atoms with van der Waals surface area (Å²) in [6, 6.07) is 9.89. The quantitative estimate of drug-likeness (QED) is 0.886. The molecule has 1 saturated carbocycles. The summed E-state index contributed by atoms with van der Waals surface area (Å²) in [4.78, 5) is 29.6. The van der Waals surface area contributed by atoms with Crippen LogP contribution in [0, 0.1) is 0 Å². The van der Waals surface area contributed by atoms with Crippen LogP contribution in [-0.2, 0) is 13.0 Å². The summed E-state index contributed by atoms with van der Waals surface area (Å²) in [5, 5.41) is 9.07. The minimum Gasteiger partial charge on any atom is -0.478 e. The maximum Gasteiger partial charge on any atom is 0.337 e. The summed E-state index contributed by atoms with van der Waals surface area (Å²) < 4.78 is 0. The van der Waals surface area contributed by atoms with E-state index in [4.69, 9.17) is 5.11 Å². The fourth-order valence-corrected chi connectivity index (χ4v) is 2.67. The van der Waals surface area contributed by atoms with Crippen molar-refractivity contribution in [2.24, 2.45) is 0 Å². The number of benzene rings is 1. The van der Waals surface area contributed by atoms with E-state index < -0.39 is 5.97 Å². The van der Waals surface area contributed by atoms with E-state index in [0.29, 0.717) is 12.1 Å². The zero-order valence-corrected chi connectivity index (χ0v) is 13.6. The number of carboxylic acid groups (broad SMARTS) is 1. The summed E-state index contributed by atoms with van der Waals surface area (Å²) in [5.41, 5.74) is 2.70. The molecule has 1 fully saturated rings.